The number of ether oxygens (including phenoxy) is 3. The van der Waals surface area contributed by atoms with Gasteiger partial charge >= 0.3 is 0 Å². The van der Waals surface area contributed by atoms with Gasteiger partial charge in [-0.2, -0.15) is 0 Å². The summed E-state index contributed by atoms with van der Waals surface area (Å²) in [6.07, 6.45) is 2.11. The van der Waals surface area contributed by atoms with Gasteiger partial charge in [-0.1, -0.05) is 11.3 Å². The molecule has 1 amide bonds. The van der Waals surface area contributed by atoms with Crippen LogP contribution in [0.3, 0.4) is 0 Å². The lowest BCUT2D eigenvalue weighted by molar-refractivity contribution is -0.119. The third-order valence-corrected chi connectivity index (χ3v) is 8.62. The molecular formula is C24H28N2O6S2. The van der Waals surface area contributed by atoms with Gasteiger partial charge in [0, 0.05) is 19.1 Å². The number of sulfone groups is 1. The number of amides is 1. The smallest absolute Gasteiger partial charge is 0.228 e. The molecule has 34 heavy (non-hydrogen) atoms. The van der Waals surface area contributed by atoms with Gasteiger partial charge in [-0.3, -0.25) is 9.69 Å². The first-order chi connectivity index (χ1) is 16.4. The SMILES string of the molecule is COc1ccc(S(=O)(=O)CCCC(=O)N(CC2CCCO2)c2nc3cc(OC)ccc3s2)cc1. The van der Waals surface area contributed by atoms with Crippen molar-refractivity contribution in [3.8, 4) is 11.5 Å². The summed E-state index contributed by atoms with van der Waals surface area (Å²) in [7, 11) is -0.374. The molecule has 8 nitrogen and oxygen atoms in total. The largest absolute Gasteiger partial charge is 0.497 e. The normalized spacial score (nSPS) is 16.0. The van der Waals surface area contributed by atoms with E-state index in [0.717, 1.165) is 23.1 Å². The fourth-order valence-electron chi connectivity index (χ4n) is 3.87. The Balaban J connectivity index is 1.47. The van der Waals surface area contributed by atoms with Crippen molar-refractivity contribution < 1.29 is 27.4 Å². The summed E-state index contributed by atoms with van der Waals surface area (Å²) in [5.74, 6) is 1.01. The van der Waals surface area contributed by atoms with Crippen LogP contribution in [0.2, 0.25) is 0 Å². The Bertz CT molecular complexity index is 1230. The summed E-state index contributed by atoms with van der Waals surface area (Å²) in [4.78, 5) is 19.8. The number of aromatic nitrogens is 1. The van der Waals surface area contributed by atoms with Crippen molar-refractivity contribution in [2.24, 2.45) is 0 Å². The number of rotatable bonds is 10. The van der Waals surface area contributed by atoms with Crippen LogP contribution in [0.25, 0.3) is 10.2 Å². The highest BCUT2D eigenvalue weighted by molar-refractivity contribution is 7.91. The average Bonchev–Trinajstić information content (AvgIpc) is 3.51. The van der Waals surface area contributed by atoms with Crippen LogP contribution in [0.5, 0.6) is 11.5 Å². The Morgan fingerprint density at radius 3 is 2.56 bits per heavy atom. The van der Waals surface area contributed by atoms with Crippen LogP contribution < -0.4 is 14.4 Å². The highest BCUT2D eigenvalue weighted by Gasteiger charge is 2.26. The summed E-state index contributed by atoms with van der Waals surface area (Å²) >= 11 is 1.43. The highest BCUT2D eigenvalue weighted by atomic mass is 32.2. The van der Waals surface area contributed by atoms with Gasteiger partial charge in [-0.05, 0) is 55.7 Å². The predicted octanol–water partition coefficient (Wildman–Crippen LogP) is 4.08. The van der Waals surface area contributed by atoms with Gasteiger partial charge in [0.05, 0.1) is 47.7 Å². The van der Waals surface area contributed by atoms with Crippen molar-refractivity contribution >= 4 is 42.4 Å². The Kier molecular flexibility index (Phi) is 7.70. The Labute approximate surface area is 203 Å². The minimum absolute atomic E-state index is 0.0477. The van der Waals surface area contributed by atoms with E-state index in [1.165, 1.54) is 30.6 Å². The van der Waals surface area contributed by atoms with Gasteiger partial charge in [-0.25, -0.2) is 13.4 Å². The number of nitrogens with zero attached hydrogens (tertiary/aromatic N) is 2. The Morgan fingerprint density at radius 2 is 1.88 bits per heavy atom. The molecule has 4 rings (SSSR count). The molecule has 0 spiro atoms. The minimum atomic E-state index is -3.50. The van der Waals surface area contributed by atoms with Crippen molar-refractivity contribution in [1.82, 2.24) is 4.98 Å². The number of carbonyl (C=O) groups excluding carboxylic acids is 1. The lowest BCUT2D eigenvalue weighted by atomic mass is 10.2. The molecule has 0 radical (unpaired) electrons. The lowest BCUT2D eigenvalue weighted by Crippen LogP contribution is -2.37. The second kappa shape index (κ2) is 10.7. The fraction of sp³-hybridized carbons (Fsp3) is 0.417. The summed E-state index contributed by atoms with van der Waals surface area (Å²) in [5.41, 5.74) is 0.756. The number of fused-ring (bicyclic) bond motifs is 1. The van der Waals surface area contributed by atoms with Crippen LogP contribution >= 0.6 is 11.3 Å². The molecular weight excluding hydrogens is 476 g/mol. The van der Waals surface area contributed by atoms with Crippen LogP contribution in [-0.4, -0.2) is 58.5 Å². The van der Waals surface area contributed by atoms with Gasteiger partial charge < -0.3 is 14.2 Å². The van der Waals surface area contributed by atoms with Crippen molar-refractivity contribution in [2.75, 3.05) is 38.0 Å². The van der Waals surface area contributed by atoms with Crippen LogP contribution in [0.1, 0.15) is 25.7 Å². The van der Waals surface area contributed by atoms with E-state index >= 15 is 0 Å². The van der Waals surface area contributed by atoms with Crippen molar-refractivity contribution in [2.45, 2.75) is 36.7 Å². The molecule has 0 bridgehead atoms. The Hall–Kier alpha value is -2.69. The first-order valence-corrected chi connectivity index (χ1v) is 13.6. The minimum Gasteiger partial charge on any atom is -0.497 e. The van der Waals surface area contributed by atoms with E-state index in [4.69, 9.17) is 14.2 Å². The maximum Gasteiger partial charge on any atom is 0.228 e. The predicted molar refractivity (Wildman–Crippen MR) is 132 cm³/mol. The first-order valence-electron chi connectivity index (χ1n) is 11.1. The number of hydrogen-bond donors (Lipinski definition) is 0. The zero-order valence-corrected chi connectivity index (χ0v) is 20.9. The van der Waals surface area contributed by atoms with Crippen LogP contribution in [-0.2, 0) is 19.4 Å². The number of benzene rings is 2. The maximum atomic E-state index is 13.2. The summed E-state index contributed by atoms with van der Waals surface area (Å²) in [5, 5.41) is 0.585. The van der Waals surface area contributed by atoms with Crippen molar-refractivity contribution in [3.63, 3.8) is 0 Å². The molecule has 182 valence electrons. The Morgan fingerprint density at radius 1 is 1.15 bits per heavy atom. The molecule has 1 saturated heterocycles. The molecule has 10 heteroatoms. The maximum absolute atomic E-state index is 13.2. The summed E-state index contributed by atoms with van der Waals surface area (Å²) in [6.45, 7) is 1.09. The van der Waals surface area contributed by atoms with Crippen molar-refractivity contribution in [3.05, 3.63) is 42.5 Å². The van der Waals surface area contributed by atoms with Crippen LogP contribution in [0.4, 0.5) is 5.13 Å². The molecule has 1 atom stereocenters. The molecule has 0 N–H and O–H groups in total. The van der Waals surface area contributed by atoms with Crippen molar-refractivity contribution in [1.29, 1.82) is 0 Å². The topological polar surface area (TPSA) is 95.0 Å². The third kappa shape index (κ3) is 5.68. The van der Waals surface area contributed by atoms with Gasteiger partial charge in [0.15, 0.2) is 15.0 Å². The number of anilines is 1. The molecule has 3 aromatic rings. The molecule has 2 heterocycles. The molecule has 1 aromatic heterocycles. The quantitative estimate of drug-likeness (QED) is 0.411. The van der Waals surface area contributed by atoms with E-state index in [2.05, 4.69) is 4.98 Å². The van der Waals surface area contributed by atoms with Crippen LogP contribution in [0.15, 0.2) is 47.4 Å². The number of thiazole rings is 1. The molecule has 1 fully saturated rings. The molecule has 0 saturated carbocycles. The zero-order valence-electron chi connectivity index (χ0n) is 19.2. The van der Waals surface area contributed by atoms with E-state index in [1.54, 1.807) is 24.1 Å². The molecule has 1 aliphatic heterocycles. The first kappa shape index (κ1) is 24.4. The van der Waals surface area contributed by atoms with E-state index in [0.29, 0.717) is 29.8 Å². The summed E-state index contributed by atoms with van der Waals surface area (Å²) in [6, 6.07) is 11.9. The standard InChI is InChI=1S/C24H28N2O6S2/c1-30-17-7-10-20(11-8-17)34(28,29)14-4-6-23(27)26(16-19-5-3-13-32-19)24-25-21-15-18(31-2)9-12-22(21)33-24/h7-12,15,19H,3-6,13-14,16H2,1-2H3. The molecule has 0 aliphatic carbocycles. The van der Waals surface area contributed by atoms with Gasteiger partial charge in [0.2, 0.25) is 5.91 Å². The zero-order chi connectivity index (χ0) is 24.1. The van der Waals surface area contributed by atoms with E-state index in [9.17, 15) is 13.2 Å². The lowest BCUT2D eigenvalue weighted by Gasteiger charge is -2.23. The number of methoxy groups -OCH3 is 2. The molecule has 2 aromatic carbocycles. The van der Waals surface area contributed by atoms with Gasteiger partial charge in [0.25, 0.3) is 0 Å². The summed E-state index contributed by atoms with van der Waals surface area (Å²) < 4.78 is 42.5. The fourth-order valence-corrected chi connectivity index (χ4v) is 6.15. The third-order valence-electron chi connectivity index (χ3n) is 5.75. The van der Waals surface area contributed by atoms with E-state index in [1.807, 2.05) is 18.2 Å². The number of hydrogen-bond acceptors (Lipinski definition) is 8. The molecule has 1 aliphatic rings. The van der Waals surface area contributed by atoms with Gasteiger partial charge in [0.1, 0.15) is 11.5 Å². The van der Waals surface area contributed by atoms with E-state index in [-0.39, 0.29) is 35.5 Å². The molecule has 1 unspecified atom stereocenters. The van der Waals surface area contributed by atoms with Gasteiger partial charge in [-0.15, -0.1) is 0 Å². The van der Waals surface area contributed by atoms with E-state index < -0.39 is 9.84 Å². The monoisotopic (exact) mass is 504 g/mol. The van der Waals surface area contributed by atoms with Crippen LogP contribution in [0, 0.1) is 0 Å². The number of carbonyl (C=O) groups is 1. The second-order valence-corrected chi connectivity index (χ2v) is 11.2. The second-order valence-electron chi connectivity index (χ2n) is 8.07. The average molecular weight is 505 g/mol. The highest BCUT2D eigenvalue weighted by Crippen LogP contribution is 2.32.